The fraction of sp³-hybridized carbons (Fsp3) is 0.158. The summed E-state index contributed by atoms with van der Waals surface area (Å²) < 4.78 is 24.0. The lowest BCUT2D eigenvalue weighted by atomic mass is 10.1. The van der Waals surface area contributed by atoms with Crippen molar-refractivity contribution in [3.8, 4) is 5.75 Å². The topological polar surface area (TPSA) is 68.5 Å². The average Bonchev–Trinajstić information content (AvgIpc) is 2.53. The molecule has 0 aliphatic rings. The average molecular weight is 341 g/mol. The Bertz CT molecular complexity index is 994. The van der Waals surface area contributed by atoms with E-state index in [2.05, 4.69) is 5.32 Å². The van der Waals surface area contributed by atoms with Gasteiger partial charge in [0, 0.05) is 23.2 Å². The van der Waals surface area contributed by atoms with Crippen LogP contribution in [0.3, 0.4) is 0 Å². The van der Waals surface area contributed by atoms with Crippen molar-refractivity contribution >= 4 is 22.6 Å². The molecule has 0 unspecified atom stereocenters. The monoisotopic (exact) mass is 341 g/mol. The van der Waals surface area contributed by atoms with Gasteiger partial charge in [0.15, 0.2) is 0 Å². The number of anilines is 1. The van der Waals surface area contributed by atoms with E-state index in [0.29, 0.717) is 16.8 Å². The number of fused-ring (bicyclic) bond motifs is 1. The third-order valence-corrected chi connectivity index (χ3v) is 3.41. The van der Waals surface area contributed by atoms with E-state index < -0.39 is 17.3 Å². The molecule has 0 spiro atoms. The van der Waals surface area contributed by atoms with Gasteiger partial charge in [0.2, 0.25) is 0 Å². The van der Waals surface area contributed by atoms with Gasteiger partial charge in [0.25, 0.3) is 5.91 Å². The first-order chi connectivity index (χ1) is 11.9. The maximum absolute atomic E-state index is 13.3. The molecule has 3 aromatic rings. The quantitative estimate of drug-likeness (QED) is 0.729. The molecule has 0 atom stereocenters. The minimum absolute atomic E-state index is 0.0383. The minimum atomic E-state index is -0.654. The van der Waals surface area contributed by atoms with E-state index in [-0.39, 0.29) is 17.3 Å². The fourth-order valence-electron chi connectivity index (χ4n) is 2.44. The summed E-state index contributed by atoms with van der Waals surface area (Å²) in [6.45, 7) is 3.76. The van der Waals surface area contributed by atoms with Crippen molar-refractivity contribution < 1.29 is 18.3 Å². The van der Waals surface area contributed by atoms with Crippen LogP contribution in [-0.4, -0.2) is 12.0 Å². The number of ether oxygens (including phenoxy) is 1. The maximum atomic E-state index is 13.3. The van der Waals surface area contributed by atoms with Gasteiger partial charge in [-0.25, -0.2) is 9.18 Å². The van der Waals surface area contributed by atoms with Gasteiger partial charge in [0.1, 0.15) is 17.1 Å². The van der Waals surface area contributed by atoms with Crippen LogP contribution < -0.4 is 15.7 Å². The third kappa shape index (κ3) is 3.85. The Labute approximate surface area is 143 Å². The standard InChI is InChI=1S/C19H16FNO4/c1-11(2)24-14-6-7-15-16(10-18(22)25-17(15)9-14)19(23)21-13-5-3-4-12(20)8-13/h3-11H,1-2H3,(H,21,23). The molecule has 0 aliphatic heterocycles. The second kappa shape index (κ2) is 6.76. The number of carbonyl (C=O) groups excluding carboxylic acids is 1. The highest BCUT2D eigenvalue weighted by atomic mass is 19.1. The molecule has 25 heavy (non-hydrogen) atoms. The van der Waals surface area contributed by atoms with E-state index in [1.807, 2.05) is 13.8 Å². The van der Waals surface area contributed by atoms with Crippen LogP contribution in [0.4, 0.5) is 10.1 Å². The zero-order valence-corrected chi connectivity index (χ0v) is 13.7. The first-order valence-corrected chi connectivity index (χ1v) is 7.74. The smallest absolute Gasteiger partial charge is 0.337 e. The lowest BCUT2D eigenvalue weighted by Gasteiger charge is -2.11. The Morgan fingerprint density at radius 2 is 1.96 bits per heavy atom. The van der Waals surface area contributed by atoms with E-state index in [9.17, 15) is 14.0 Å². The highest BCUT2D eigenvalue weighted by Crippen LogP contribution is 2.24. The summed E-state index contributed by atoms with van der Waals surface area (Å²) in [6.07, 6.45) is -0.0383. The molecule has 0 bridgehead atoms. The van der Waals surface area contributed by atoms with Crippen molar-refractivity contribution in [2.45, 2.75) is 20.0 Å². The number of benzene rings is 2. The number of nitrogens with one attached hydrogen (secondary N) is 1. The van der Waals surface area contributed by atoms with E-state index in [1.54, 1.807) is 24.3 Å². The second-order valence-corrected chi connectivity index (χ2v) is 5.77. The van der Waals surface area contributed by atoms with Crippen molar-refractivity contribution in [1.82, 2.24) is 0 Å². The van der Waals surface area contributed by atoms with Crippen LogP contribution in [0, 0.1) is 5.82 Å². The summed E-state index contributed by atoms with van der Waals surface area (Å²) in [4.78, 5) is 24.3. The molecule has 128 valence electrons. The van der Waals surface area contributed by atoms with E-state index >= 15 is 0 Å². The van der Waals surface area contributed by atoms with Gasteiger partial charge >= 0.3 is 5.63 Å². The molecule has 2 aromatic carbocycles. The Morgan fingerprint density at radius 1 is 1.16 bits per heavy atom. The number of carbonyl (C=O) groups is 1. The summed E-state index contributed by atoms with van der Waals surface area (Å²) >= 11 is 0. The van der Waals surface area contributed by atoms with Crippen molar-refractivity contribution in [1.29, 1.82) is 0 Å². The molecular formula is C19H16FNO4. The summed E-state index contributed by atoms with van der Waals surface area (Å²) in [7, 11) is 0. The zero-order chi connectivity index (χ0) is 18.0. The van der Waals surface area contributed by atoms with Crippen LogP contribution in [0.1, 0.15) is 24.2 Å². The van der Waals surface area contributed by atoms with E-state index in [4.69, 9.17) is 9.15 Å². The first-order valence-electron chi connectivity index (χ1n) is 7.74. The lowest BCUT2D eigenvalue weighted by molar-refractivity contribution is 0.102. The van der Waals surface area contributed by atoms with Crippen LogP contribution in [-0.2, 0) is 0 Å². The predicted molar refractivity (Wildman–Crippen MR) is 92.6 cm³/mol. The molecule has 0 aliphatic carbocycles. The molecule has 5 nitrogen and oxygen atoms in total. The SMILES string of the molecule is CC(C)Oc1ccc2c(C(=O)Nc3cccc(F)c3)cc(=O)oc2c1. The minimum Gasteiger partial charge on any atom is -0.491 e. The van der Waals surface area contributed by atoms with Crippen LogP contribution >= 0.6 is 0 Å². The van der Waals surface area contributed by atoms with Crippen molar-refractivity contribution in [3.63, 3.8) is 0 Å². The van der Waals surface area contributed by atoms with Gasteiger partial charge in [-0.1, -0.05) is 6.07 Å². The maximum Gasteiger partial charge on any atom is 0.337 e. The summed E-state index contributed by atoms with van der Waals surface area (Å²) in [6, 6.07) is 11.5. The molecule has 0 radical (unpaired) electrons. The van der Waals surface area contributed by atoms with Gasteiger partial charge < -0.3 is 14.5 Å². The highest BCUT2D eigenvalue weighted by molar-refractivity contribution is 6.12. The van der Waals surface area contributed by atoms with Gasteiger partial charge in [-0.05, 0) is 44.2 Å². The number of rotatable bonds is 4. The fourth-order valence-corrected chi connectivity index (χ4v) is 2.44. The predicted octanol–water partition coefficient (Wildman–Crippen LogP) is 3.97. The molecule has 1 amide bonds. The third-order valence-electron chi connectivity index (χ3n) is 3.41. The molecule has 0 fully saturated rings. The summed E-state index contributed by atoms with van der Waals surface area (Å²) in [5.41, 5.74) is 0.0337. The van der Waals surface area contributed by atoms with Gasteiger partial charge in [-0.15, -0.1) is 0 Å². The molecule has 0 saturated heterocycles. The van der Waals surface area contributed by atoms with E-state index in [0.717, 1.165) is 6.07 Å². The second-order valence-electron chi connectivity index (χ2n) is 5.77. The number of hydrogen-bond acceptors (Lipinski definition) is 4. The number of amides is 1. The van der Waals surface area contributed by atoms with Gasteiger partial charge in [-0.2, -0.15) is 0 Å². The molecule has 1 heterocycles. The zero-order valence-electron chi connectivity index (χ0n) is 13.7. The van der Waals surface area contributed by atoms with Gasteiger partial charge in [-0.3, -0.25) is 4.79 Å². The number of halogens is 1. The Balaban J connectivity index is 2.00. The summed E-state index contributed by atoms with van der Waals surface area (Å²) in [5, 5.41) is 3.04. The highest BCUT2D eigenvalue weighted by Gasteiger charge is 2.15. The molecule has 0 saturated carbocycles. The normalized spacial score (nSPS) is 10.9. The van der Waals surface area contributed by atoms with Crippen LogP contribution in [0.25, 0.3) is 11.0 Å². The molecule has 3 rings (SSSR count). The lowest BCUT2D eigenvalue weighted by Crippen LogP contribution is -2.15. The van der Waals surface area contributed by atoms with Crippen molar-refractivity contribution in [3.05, 3.63) is 70.3 Å². The van der Waals surface area contributed by atoms with Crippen molar-refractivity contribution in [2.75, 3.05) is 5.32 Å². The largest absolute Gasteiger partial charge is 0.491 e. The Kier molecular flexibility index (Phi) is 4.52. The van der Waals surface area contributed by atoms with Crippen LogP contribution in [0.15, 0.2) is 57.7 Å². The van der Waals surface area contributed by atoms with Crippen molar-refractivity contribution in [2.24, 2.45) is 0 Å². The summed E-state index contributed by atoms with van der Waals surface area (Å²) in [5.74, 6) is -0.458. The molecule has 6 heteroatoms. The molecule has 1 N–H and O–H groups in total. The van der Waals surface area contributed by atoms with Crippen LogP contribution in [0.2, 0.25) is 0 Å². The van der Waals surface area contributed by atoms with Crippen LogP contribution in [0.5, 0.6) is 5.75 Å². The first kappa shape index (κ1) is 16.7. The molecule has 1 aromatic heterocycles. The van der Waals surface area contributed by atoms with Gasteiger partial charge in [0.05, 0.1) is 11.7 Å². The molecular weight excluding hydrogens is 325 g/mol. The Hall–Kier alpha value is -3.15. The Morgan fingerprint density at radius 3 is 2.68 bits per heavy atom. The number of hydrogen-bond donors (Lipinski definition) is 1. The van der Waals surface area contributed by atoms with E-state index in [1.165, 1.54) is 18.2 Å².